The number of rotatable bonds is 4. The van der Waals surface area contributed by atoms with E-state index >= 15 is 0 Å². The molecule has 1 amide bonds. The SMILES string of the molecule is C[C@@H]1C[C@@H](C)CN(C(=O)COC(=O)Cn2cnc3c2c(=O)n(C)c(=O)n3C)C1. The Bertz CT molecular complexity index is 1020. The van der Waals surface area contributed by atoms with Gasteiger partial charge in [0, 0.05) is 27.2 Å². The van der Waals surface area contributed by atoms with Crippen molar-refractivity contribution in [1.82, 2.24) is 23.6 Å². The van der Waals surface area contributed by atoms with E-state index < -0.39 is 17.2 Å². The number of piperidine rings is 1. The molecule has 0 unspecified atom stereocenters. The summed E-state index contributed by atoms with van der Waals surface area (Å²) in [5.41, 5.74) is -0.725. The van der Waals surface area contributed by atoms with Gasteiger partial charge in [-0.2, -0.15) is 0 Å². The van der Waals surface area contributed by atoms with Crippen molar-refractivity contribution in [3.05, 3.63) is 27.2 Å². The third-order valence-corrected chi connectivity index (χ3v) is 5.09. The zero-order valence-corrected chi connectivity index (χ0v) is 16.5. The van der Waals surface area contributed by atoms with Crippen molar-refractivity contribution in [1.29, 1.82) is 0 Å². The highest BCUT2D eigenvalue weighted by atomic mass is 16.5. The number of amides is 1. The molecule has 1 aliphatic rings. The molecule has 10 heteroatoms. The third kappa shape index (κ3) is 3.71. The summed E-state index contributed by atoms with van der Waals surface area (Å²) in [4.78, 5) is 54.6. The van der Waals surface area contributed by atoms with Crippen LogP contribution in [0.15, 0.2) is 15.9 Å². The van der Waals surface area contributed by atoms with E-state index in [-0.39, 0.29) is 30.2 Å². The highest BCUT2D eigenvalue weighted by Gasteiger charge is 2.26. The molecule has 152 valence electrons. The zero-order chi connectivity index (χ0) is 20.6. The van der Waals surface area contributed by atoms with Crippen LogP contribution in [0.4, 0.5) is 0 Å². The summed E-state index contributed by atoms with van der Waals surface area (Å²) >= 11 is 0. The van der Waals surface area contributed by atoms with Gasteiger partial charge >= 0.3 is 11.7 Å². The van der Waals surface area contributed by atoms with E-state index in [4.69, 9.17) is 4.74 Å². The Morgan fingerprint density at radius 1 is 1.14 bits per heavy atom. The minimum Gasteiger partial charge on any atom is -0.454 e. The van der Waals surface area contributed by atoms with Crippen LogP contribution in [-0.4, -0.2) is 55.2 Å². The Morgan fingerprint density at radius 2 is 1.79 bits per heavy atom. The van der Waals surface area contributed by atoms with Gasteiger partial charge in [0.2, 0.25) is 0 Å². The van der Waals surface area contributed by atoms with E-state index in [0.717, 1.165) is 11.0 Å². The van der Waals surface area contributed by atoms with Gasteiger partial charge in [0.1, 0.15) is 6.54 Å². The number of esters is 1. The maximum Gasteiger partial charge on any atom is 0.332 e. The van der Waals surface area contributed by atoms with Crippen LogP contribution in [0.3, 0.4) is 0 Å². The van der Waals surface area contributed by atoms with E-state index in [1.807, 2.05) is 0 Å². The normalized spacial score (nSPS) is 19.8. The molecule has 3 rings (SSSR count). The predicted octanol–water partition coefficient (Wildman–Crippen LogP) is -0.519. The lowest BCUT2D eigenvalue weighted by molar-refractivity contribution is -0.153. The van der Waals surface area contributed by atoms with Crippen LogP contribution in [0, 0.1) is 11.8 Å². The van der Waals surface area contributed by atoms with Crippen molar-refractivity contribution in [2.75, 3.05) is 19.7 Å². The first kappa shape index (κ1) is 19.8. The monoisotopic (exact) mass is 391 g/mol. The molecule has 0 N–H and O–H groups in total. The van der Waals surface area contributed by atoms with E-state index in [1.54, 1.807) is 4.90 Å². The standard InChI is InChI=1S/C18H25N5O5/c1-11-5-12(2)7-22(6-11)13(24)9-28-14(25)8-23-10-19-16-15(23)17(26)21(4)18(27)20(16)3/h10-12H,5-9H2,1-4H3/t11-,12-/m1/s1. The average Bonchev–Trinajstić information content (AvgIpc) is 3.05. The molecule has 10 nitrogen and oxygen atoms in total. The number of aromatic nitrogens is 4. The van der Waals surface area contributed by atoms with Crippen molar-refractivity contribution in [3.63, 3.8) is 0 Å². The lowest BCUT2D eigenvalue weighted by atomic mass is 9.92. The number of hydrogen-bond acceptors (Lipinski definition) is 6. The van der Waals surface area contributed by atoms with Crippen molar-refractivity contribution in [2.24, 2.45) is 25.9 Å². The molecule has 0 radical (unpaired) electrons. The van der Waals surface area contributed by atoms with Crippen LogP contribution in [0.2, 0.25) is 0 Å². The van der Waals surface area contributed by atoms with Crippen LogP contribution in [0.5, 0.6) is 0 Å². The molecule has 3 heterocycles. The van der Waals surface area contributed by atoms with Gasteiger partial charge in [-0.1, -0.05) is 13.8 Å². The van der Waals surface area contributed by atoms with Crippen LogP contribution in [0.1, 0.15) is 20.3 Å². The fourth-order valence-electron chi connectivity index (χ4n) is 3.80. The first-order chi connectivity index (χ1) is 13.2. The van der Waals surface area contributed by atoms with Gasteiger partial charge in [-0.3, -0.25) is 23.5 Å². The number of nitrogens with zero attached hydrogens (tertiary/aromatic N) is 5. The number of ether oxygens (including phenoxy) is 1. The van der Waals surface area contributed by atoms with Gasteiger partial charge in [0.25, 0.3) is 11.5 Å². The summed E-state index contributed by atoms with van der Waals surface area (Å²) < 4.78 is 8.64. The van der Waals surface area contributed by atoms with Gasteiger partial charge in [0.15, 0.2) is 17.8 Å². The maximum absolute atomic E-state index is 12.4. The summed E-state index contributed by atoms with van der Waals surface area (Å²) in [6, 6.07) is 0. The van der Waals surface area contributed by atoms with Gasteiger partial charge < -0.3 is 14.2 Å². The van der Waals surface area contributed by atoms with Gasteiger partial charge in [-0.15, -0.1) is 0 Å². The second-order valence-electron chi connectivity index (χ2n) is 7.66. The molecule has 2 aromatic heterocycles. The molecule has 2 aromatic rings. The summed E-state index contributed by atoms with van der Waals surface area (Å²) in [7, 11) is 2.86. The highest BCUT2D eigenvalue weighted by molar-refractivity contribution is 5.81. The van der Waals surface area contributed by atoms with Crippen LogP contribution in [0.25, 0.3) is 11.2 Å². The molecular weight excluding hydrogens is 366 g/mol. The summed E-state index contributed by atoms with van der Waals surface area (Å²) in [6.45, 7) is 4.92. The summed E-state index contributed by atoms with van der Waals surface area (Å²) in [5.74, 6) is -0.0330. The Balaban J connectivity index is 1.68. The highest BCUT2D eigenvalue weighted by Crippen LogP contribution is 2.20. The van der Waals surface area contributed by atoms with Crippen LogP contribution >= 0.6 is 0 Å². The van der Waals surface area contributed by atoms with Gasteiger partial charge in [-0.05, 0) is 18.3 Å². The quantitative estimate of drug-likeness (QED) is 0.649. The number of aryl methyl sites for hydroxylation is 1. The smallest absolute Gasteiger partial charge is 0.332 e. The molecule has 0 saturated carbocycles. The Hall–Kier alpha value is -2.91. The van der Waals surface area contributed by atoms with Gasteiger partial charge in [0.05, 0.1) is 6.33 Å². The van der Waals surface area contributed by atoms with E-state index in [0.29, 0.717) is 24.9 Å². The molecule has 1 fully saturated rings. The van der Waals surface area contributed by atoms with Crippen molar-refractivity contribution in [3.8, 4) is 0 Å². The number of hydrogen-bond donors (Lipinski definition) is 0. The molecule has 0 bridgehead atoms. The Labute approximate surface area is 161 Å². The van der Waals surface area contributed by atoms with Crippen molar-refractivity contribution >= 4 is 23.0 Å². The second-order valence-corrected chi connectivity index (χ2v) is 7.66. The Kier molecular flexibility index (Phi) is 5.39. The molecule has 28 heavy (non-hydrogen) atoms. The number of imidazole rings is 1. The second kappa shape index (κ2) is 7.61. The number of carbonyl (C=O) groups excluding carboxylic acids is 2. The molecular formula is C18H25N5O5. The number of carbonyl (C=O) groups is 2. The fraction of sp³-hybridized carbons (Fsp3) is 0.611. The maximum atomic E-state index is 12.4. The minimum absolute atomic E-state index is 0.131. The largest absolute Gasteiger partial charge is 0.454 e. The van der Waals surface area contributed by atoms with Crippen molar-refractivity contribution < 1.29 is 14.3 Å². The molecule has 0 aromatic carbocycles. The predicted molar refractivity (Wildman–Crippen MR) is 101 cm³/mol. The van der Waals surface area contributed by atoms with Crippen molar-refractivity contribution in [2.45, 2.75) is 26.8 Å². The molecule has 0 aliphatic carbocycles. The van der Waals surface area contributed by atoms with E-state index in [9.17, 15) is 19.2 Å². The van der Waals surface area contributed by atoms with Crippen LogP contribution in [-0.2, 0) is 35.0 Å². The van der Waals surface area contributed by atoms with Crippen LogP contribution < -0.4 is 11.2 Å². The van der Waals surface area contributed by atoms with E-state index in [1.165, 1.54) is 29.6 Å². The molecule has 1 aliphatic heterocycles. The third-order valence-electron chi connectivity index (χ3n) is 5.09. The first-order valence-corrected chi connectivity index (χ1v) is 9.23. The average molecular weight is 391 g/mol. The summed E-state index contributed by atoms with van der Waals surface area (Å²) in [6.07, 6.45) is 2.39. The minimum atomic E-state index is -0.651. The number of fused-ring (bicyclic) bond motifs is 1. The fourth-order valence-corrected chi connectivity index (χ4v) is 3.80. The van der Waals surface area contributed by atoms with E-state index in [2.05, 4.69) is 18.8 Å². The lowest BCUT2D eigenvalue weighted by Gasteiger charge is -2.34. The lowest BCUT2D eigenvalue weighted by Crippen LogP contribution is -2.44. The summed E-state index contributed by atoms with van der Waals surface area (Å²) in [5, 5.41) is 0. The topological polar surface area (TPSA) is 108 Å². The Morgan fingerprint density at radius 3 is 2.43 bits per heavy atom. The molecule has 1 saturated heterocycles. The first-order valence-electron chi connectivity index (χ1n) is 9.23. The molecule has 2 atom stereocenters. The molecule has 0 spiro atoms. The number of likely N-dealkylation sites (tertiary alicyclic amines) is 1. The van der Waals surface area contributed by atoms with Gasteiger partial charge in [-0.25, -0.2) is 9.78 Å². The zero-order valence-electron chi connectivity index (χ0n) is 16.5.